The first-order valence-corrected chi connectivity index (χ1v) is 6.89. The standard InChI is InChI=1S/C12H19N3O3S/c1-7(2)6-14-9(16)4-5-13-11-10(12(17)18)8(3)15-19-11/h7,13H,4-6H2,1-3H3,(H,14,16)(H,17,18). The molecule has 19 heavy (non-hydrogen) atoms. The zero-order valence-corrected chi connectivity index (χ0v) is 12.1. The number of carboxylic acids is 1. The molecule has 0 aromatic carbocycles. The second-order valence-corrected chi connectivity index (χ2v) is 5.43. The molecule has 0 radical (unpaired) electrons. The summed E-state index contributed by atoms with van der Waals surface area (Å²) in [5, 5.41) is 15.3. The van der Waals surface area contributed by atoms with Gasteiger partial charge in [-0.05, 0) is 24.4 Å². The molecule has 1 heterocycles. The van der Waals surface area contributed by atoms with Crippen LogP contribution in [0.4, 0.5) is 5.00 Å². The maximum atomic E-state index is 11.5. The van der Waals surface area contributed by atoms with Gasteiger partial charge >= 0.3 is 5.97 Å². The topological polar surface area (TPSA) is 91.3 Å². The SMILES string of the molecule is Cc1nsc(NCCC(=O)NCC(C)C)c1C(=O)O. The minimum atomic E-state index is -1.00. The number of nitrogens with zero attached hydrogens (tertiary/aromatic N) is 1. The maximum absolute atomic E-state index is 11.5. The summed E-state index contributed by atoms with van der Waals surface area (Å²) in [6.07, 6.45) is 0.308. The highest BCUT2D eigenvalue weighted by atomic mass is 32.1. The largest absolute Gasteiger partial charge is 0.478 e. The Balaban J connectivity index is 2.41. The van der Waals surface area contributed by atoms with Gasteiger partial charge in [-0.2, -0.15) is 4.37 Å². The molecule has 6 nitrogen and oxygen atoms in total. The summed E-state index contributed by atoms with van der Waals surface area (Å²) in [5.74, 6) is -0.628. The van der Waals surface area contributed by atoms with Crippen LogP contribution in [0.2, 0.25) is 0 Å². The summed E-state index contributed by atoms with van der Waals surface area (Å²) in [4.78, 5) is 22.5. The van der Waals surface area contributed by atoms with Gasteiger partial charge in [-0.1, -0.05) is 13.8 Å². The number of anilines is 1. The van der Waals surface area contributed by atoms with E-state index in [0.717, 1.165) is 11.5 Å². The maximum Gasteiger partial charge on any atom is 0.340 e. The van der Waals surface area contributed by atoms with E-state index in [1.54, 1.807) is 6.92 Å². The molecule has 0 aliphatic heterocycles. The average Bonchev–Trinajstić information content (AvgIpc) is 2.68. The lowest BCUT2D eigenvalue weighted by molar-refractivity contribution is -0.120. The summed E-state index contributed by atoms with van der Waals surface area (Å²) in [5.41, 5.74) is 0.678. The number of carboxylic acid groups (broad SMARTS) is 1. The molecule has 0 unspecified atom stereocenters. The van der Waals surface area contributed by atoms with E-state index < -0.39 is 5.97 Å². The Morgan fingerprint density at radius 1 is 1.42 bits per heavy atom. The minimum absolute atomic E-state index is 0.0423. The molecule has 0 spiro atoms. The lowest BCUT2D eigenvalue weighted by Gasteiger charge is -2.08. The van der Waals surface area contributed by atoms with Crippen LogP contribution in [0.5, 0.6) is 0 Å². The third kappa shape index (κ3) is 4.86. The molecule has 3 N–H and O–H groups in total. The van der Waals surface area contributed by atoms with Crippen LogP contribution < -0.4 is 10.6 Å². The number of aromatic nitrogens is 1. The van der Waals surface area contributed by atoms with Crippen molar-refractivity contribution in [2.45, 2.75) is 27.2 Å². The first-order chi connectivity index (χ1) is 8.91. The molecule has 106 valence electrons. The number of hydrogen-bond donors (Lipinski definition) is 3. The van der Waals surface area contributed by atoms with E-state index in [1.165, 1.54) is 0 Å². The van der Waals surface area contributed by atoms with Crippen LogP contribution in [0.3, 0.4) is 0 Å². The molecule has 0 fully saturated rings. The quantitative estimate of drug-likeness (QED) is 0.709. The van der Waals surface area contributed by atoms with Crippen LogP contribution in [0, 0.1) is 12.8 Å². The second kappa shape index (κ2) is 7.08. The number of hydrogen-bond acceptors (Lipinski definition) is 5. The summed E-state index contributed by atoms with van der Waals surface area (Å²) in [7, 11) is 0. The van der Waals surface area contributed by atoms with Crippen LogP contribution in [0.1, 0.15) is 36.3 Å². The molecule has 1 aromatic heterocycles. The normalized spacial score (nSPS) is 10.5. The fraction of sp³-hybridized carbons (Fsp3) is 0.583. The Morgan fingerprint density at radius 2 is 2.11 bits per heavy atom. The van der Waals surface area contributed by atoms with Crippen molar-refractivity contribution in [2.75, 3.05) is 18.4 Å². The van der Waals surface area contributed by atoms with Crippen molar-refractivity contribution in [3.05, 3.63) is 11.3 Å². The average molecular weight is 285 g/mol. The lowest BCUT2D eigenvalue weighted by Crippen LogP contribution is -2.28. The van der Waals surface area contributed by atoms with E-state index in [-0.39, 0.29) is 11.5 Å². The summed E-state index contributed by atoms with van der Waals surface area (Å²) in [6, 6.07) is 0. The predicted octanol–water partition coefficient (Wildman–Crippen LogP) is 1.72. The lowest BCUT2D eigenvalue weighted by atomic mass is 10.2. The summed E-state index contributed by atoms with van der Waals surface area (Å²) >= 11 is 1.10. The number of carbonyl (C=O) groups is 2. The molecular formula is C12H19N3O3S. The molecule has 0 saturated carbocycles. The molecule has 0 aliphatic rings. The third-order valence-corrected chi connectivity index (χ3v) is 3.32. The molecule has 0 atom stereocenters. The van der Waals surface area contributed by atoms with Gasteiger partial charge in [0.05, 0.1) is 5.69 Å². The number of rotatable bonds is 7. The molecule has 0 aliphatic carbocycles. The van der Waals surface area contributed by atoms with E-state index in [2.05, 4.69) is 15.0 Å². The first kappa shape index (κ1) is 15.4. The number of aromatic carboxylic acids is 1. The highest BCUT2D eigenvalue weighted by Crippen LogP contribution is 2.24. The van der Waals surface area contributed by atoms with E-state index in [1.807, 2.05) is 13.8 Å². The van der Waals surface area contributed by atoms with Crippen LogP contribution in [0.15, 0.2) is 0 Å². The van der Waals surface area contributed by atoms with Gasteiger partial charge in [-0.3, -0.25) is 4.79 Å². The number of carbonyl (C=O) groups excluding carboxylic acids is 1. The van der Waals surface area contributed by atoms with Gasteiger partial charge in [0, 0.05) is 19.5 Å². The molecule has 0 bridgehead atoms. The van der Waals surface area contributed by atoms with Crippen molar-refractivity contribution in [3.8, 4) is 0 Å². The van der Waals surface area contributed by atoms with Crippen LogP contribution in [-0.4, -0.2) is 34.4 Å². The minimum Gasteiger partial charge on any atom is -0.478 e. The summed E-state index contributed by atoms with van der Waals surface area (Å²) < 4.78 is 3.99. The summed E-state index contributed by atoms with van der Waals surface area (Å²) in [6.45, 7) is 6.75. The van der Waals surface area contributed by atoms with Crippen molar-refractivity contribution in [3.63, 3.8) is 0 Å². The van der Waals surface area contributed by atoms with Gasteiger partial charge < -0.3 is 15.7 Å². The van der Waals surface area contributed by atoms with Crippen molar-refractivity contribution < 1.29 is 14.7 Å². The molecule has 0 saturated heterocycles. The zero-order valence-electron chi connectivity index (χ0n) is 11.3. The zero-order chi connectivity index (χ0) is 14.4. The van der Waals surface area contributed by atoms with Crippen molar-refractivity contribution in [2.24, 2.45) is 5.92 Å². The van der Waals surface area contributed by atoms with Gasteiger partial charge in [0.25, 0.3) is 0 Å². The van der Waals surface area contributed by atoms with Crippen molar-refractivity contribution in [1.29, 1.82) is 0 Å². The highest BCUT2D eigenvalue weighted by Gasteiger charge is 2.17. The van der Waals surface area contributed by atoms with Crippen LogP contribution >= 0.6 is 11.5 Å². The van der Waals surface area contributed by atoms with Gasteiger partial charge in [-0.15, -0.1) is 0 Å². The van der Waals surface area contributed by atoms with Crippen molar-refractivity contribution >= 4 is 28.4 Å². The molecular weight excluding hydrogens is 266 g/mol. The Hall–Kier alpha value is -1.63. The van der Waals surface area contributed by atoms with Gasteiger partial charge in [0.2, 0.25) is 5.91 Å². The fourth-order valence-electron chi connectivity index (χ4n) is 1.44. The van der Waals surface area contributed by atoms with Crippen LogP contribution in [-0.2, 0) is 4.79 Å². The Bertz CT molecular complexity index is 457. The first-order valence-electron chi connectivity index (χ1n) is 6.12. The van der Waals surface area contributed by atoms with Gasteiger partial charge in [0.1, 0.15) is 10.6 Å². The van der Waals surface area contributed by atoms with E-state index >= 15 is 0 Å². The van der Waals surface area contributed by atoms with Gasteiger partial charge in [-0.25, -0.2) is 4.79 Å². The van der Waals surface area contributed by atoms with Crippen molar-refractivity contribution in [1.82, 2.24) is 9.69 Å². The number of aryl methyl sites for hydroxylation is 1. The Kier molecular flexibility index (Phi) is 5.75. The number of amides is 1. The Labute approximate surface area is 116 Å². The molecule has 1 amide bonds. The number of nitrogens with one attached hydrogen (secondary N) is 2. The van der Waals surface area contributed by atoms with E-state index in [0.29, 0.717) is 36.1 Å². The van der Waals surface area contributed by atoms with E-state index in [4.69, 9.17) is 5.11 Å². The highest BCUT2D eigenvalue weighted by molar-refractivity contribution is 7.10. The molecule has 7 heteroatoms. The monoisotopic (exact) mass is 285 g/mol. The smallest absolute Gasteiger partial charge is 0.340 e. The molecule has 1 aromatic rings. The Morgan fingerprint density at radius 3 is 2.68 bits per heavy atom. The molecule has 1 rings (SSSR count). The van der Waals surface area contributed by atoms with E-state index in [9.17, 15) is 9.59 Å². The van der Waals surface area contributed by atoms with Crippen LogP contribution in [0.25, 0.3) is 0 Å². The predicted molar refractivity (Wildman–Crippen MR) is 74.8 cm³/mol. The van der Waals surface area contributed by atoms with Gasteiger partial charge in [0.15, 0.2) is 0 Å². The fourth-order valence-corrected chi connectivity index (χ4v) is 2.25. The third-order valence-electron chi connectivity index (χ3n) is 2.42. The second-order valence-electron chi connectivity index (χ2n) is 4.65.